The van der Waals surface area contributed by atoms with Crippen LogP contribution in [-0.4, -0.2) is 28.9 Å². The van der Waals surface area contributed by atoms with Crippen molar-refractivity contribution in [3.63, 3.8) is 0 Å². The van der Waals surface area contributed by atoms with E-state index >= 15 is 0 Å². The van der Waals surface area contributed by atoms with Gasteiger partial charge in [-0.3, -0.25) is 4.79 Å². The monoisotopic (exact) mass is 453 g/mol. The normalized spacial score (nSPS) is 11.3. The number of hydrogen-bond acceptors (Lipinski definition) is 4. The Balaban J connectivity index is 2.01. The molecule has 1 N–H and O–H groups in total. The molecule has 3 aromatic rings. The maximum atomic E-state index is 13.9. The number of nitrogens with zero attached hydrogens (tertiary/aromatic N) is 2. The predicted octanol–water partition coefficient (Wildman–Crippen LogP) is 5.59. The minimum atomic E-state index is -4.83. The third-order valence-electron chi connectivity index (χ3n) is 4.16. The SMILES string of the molecule is CCOc1ccc(OCC)c(NC(=O)c2cnn(-c3ccc(Cl)cc3)c2C(F)(F)F)c1. The van der Waals surface area contributed by atoms with E-state index in [1.165, 1.54) is 30.3 Å². The van der Waals surface area contributed by atoms with Crippen LogP contribution in [0, 0.1) is 0 Å². The van der Waals surface area contributed by atoms with Crippen molar-refractivity contribution >= 4 is 23.2 Å². The summed E-state index contributed by atoms with van der Waals surface area (Å²) in [5.74, 6) is -0.241. The third kappa shape index (κ3) is 5.11. The van der Waals surface area contributed by atoms with Gasteiger partial charge in [-0.1, -0.05) is 11.6 Å². The van der Waals surface area contributed by atoms with Crippen LogP contribution in [0.3, 0.4) is 0 Å². The lowest BCUT2D eigenvalue weighted by atomic mass is 10.2. The highest BCUT2D eigenvalue weighted by Gasteiger charge is 2.40. The lowest BCUT2D eigenvalue weighted by molar-refractivity contribution is -0.143. The summed E-state index contributed by atoms with van der Waals surface area (Å²) in [6.07, 6.45) is -3.96. The van der Waals surface area contributed by atoms with E-state index in [0.717, 1.165) is 6.20 Å². The molecule has 6 nitrogen and oxygen atoms in total. The number of benzene rings is 2. The van der Waals surface area contributed by atoms with Crippen molar-refractivity contribution in [1.82, 2.24) is 9.78 Å². The predicted molar refractivity (Wildman–Crippen MR) is 110 cm³/mol. The standard InChI is InChI=1S/C21H19ClF3N3O3/c1-3-30-15-9-10-18(31-4-2)17(11-15)27-20(29)16-12-26-28(19(16)21(23,24)25)14-7-5-13(22)6-8-14/h5-12H,3-4H2,1-2H3,(H,27,29). The van der Waals surface area contributed by atoms with E-state index in [1.807, 2.05) is 0 Å². The van der Waals surface area contributed by atoms with Crippen LogP contribution in [0.1, 0.15) is 29.9 Å². The highest BCUT2D eigenvalue weighted by molar-refractivity contribution is 6.30. The largest absolute Gasteiger partial charge is 0.494 e. The number of anilines is 1. The van der Waals surface area contributed by atoms with Crippen molar-refractivity contribution in [2.45, 2.75) is 20.0 Å². The van der Waals surface area contributed by atoms with Gasteiger partial charge in [0.1, 0.15) is 11.5 Å². The molecule has 2 aromatic carbocycles. The Hall–Kier alpha value is -3.20. The molecule has 1 heterocycles. The fraction of sp³-hybridized carbons (Fsp3) is 0.238. The van der Waals surface area contributed by atoms with E-state index in [9.17, 15) is 18.0 Å². The second-order valence-corrected chi connectivity index (χ2v) is 6.71. The van der Waals surface area contributed by atoms with E-state index < -0.39 is 23.3 Å². The number of aromatic nitrogens is 2. The Bertz CT molecular complexity index is 1070. The van der Waals surface area contributed by atoms with Crippen molar-refractivity contribution in [3.8, 4) is 17.2 Å². The van der Waals surface area contributed by atoms with Crippen molar-refractivity contribution in [3.05, 3.63) is 64.9 Å². The molecular formula is C21H19ClF3N3O3. The molecule has 1 amide bonds. The number of carbonyl (C=O) groups excluding carboxylic acids is 1. The fourth-order valence-electron chi connectivity index (χ4n) is 2.90. The van der Waals surface area contributed by atoms with Gasteiger partial charge in [0.15, 0.2) is 5.69 Å². The van der Waals surface area contributed by atoms with Crippen LogP contribution >= 0.6 is 11.6 Å². The molecular weight excluding hydrogens is 435 g/mol. The molecule has 164 valence electrons. The molecule has 0 atom stereocenters. The molecule has 0 fully saturated rings. The molecule has 0 radical (unpaired) electrons. The number of halogens is 4. The van der Waals surface area contributed by atoms with E-state index in [-0.39, 0.29) is 11.4 Å². The van der Waals surface area contributed by atoms with Crippen LogP contribution in [0.4, 0.5) is 18.9 Å². The van der Waals surface area contributed by atoms with Gasteiger partial charge in [0, 0.05) is 11.1 Å². The molecule has 0 unspecified atom stereocenters. The second-order valence-electron chi connectivity index (χ2n) is 6.27. The van der Waals surface area contributed by atoms with Crippen molar-refractivity contribution < 1.29 is 27.4 Å². The molecule has 0 saturated heterocycles. The van der Waals surface area contributed by atoms with E-state index in [0.29, 0.717) is 34.4 Å². The molecule has 10 heteroatoms. The first-order chi connectivity index (χ1) is 14.7. The van der Waals surface area contributed by atoms with Crippen molar-refractivity contribution in [1.29, 1.82) is 0 Å². The Morgan fingerprint density at radius 3 is 2.39 bits per heavy atom. The van der Waals surface area contributed by atoms with Crippen LogP contribution in [0.2, 0.25) is 5.02 Å². The highest BCUT2D eigenvalue weighted by Crippen LogP contribution is 2.35. The highest BCUT2D eigenvalue weighted by atomic mass is 35.5. The van der Waals surface area contributed by atoms with Gasteiger partial charge in [-0.25, -0.2) is 4.68 Å². The molecule has 0 aliphatic carbocycles. The topological polar surface area (TPSA) is 65.4 Å². The lowest BCUT2D eigenvalue weighted by Crippen LogP contribution is -2.21. The van der Waals surface area contributed by atoms with Gasteiger partial charge < -0.3 is 14.8 Å². The first-order valence-corrected chi connectivity index (χ1v) is 9.74. The molecule has 0 spiro atoms. The van der Waals surface area contributed by atoms with Crippen LogP contribution in [0.25, 0.3) is 5.69 Å². The zero-order valence-electron chi connectivity index (χ0n) is 16.7. The minimum Gasteiger partial charge on any atom is -0.494 e. The summed E-state index contributed by atoms with van der Waals surface area (Å²) in [5.41, 5.74) is -1.53. The summed E-state index contributed by atoms with van der Waals surface area (Å²) in [4.78, 5) is 12.8. The molecule has 0 aliphatic rings. The average Bonchev–Trinajstić information content (AvgIpc) is 3.17. The van der Waals surface area contributed by atoms with Crippen LogP contribution in [0.5, 0.6) is 11.5 Å². The molecule has 3 rings (SSSR count). The van der Waals surface area contributed by atoms with Gasteiger partial charge in [0.25, 0.3) is 5.91 Å². The van der Waals surface area contributed by atoms with Gasteiger partial charge in [-0.15, -0.1) is 0 Å². The first-order valence-electron chi connectivity index (χ1n) is 9.36. The molecule has 1 aromatic heterocycles. The third-order valence-corrected chi connectivity index (χ3v) is 4.42. The van der Waals surface area contributed by atoms with Gasteiger partial charge in [0.2, 0.25) is 0 Å². The van der Waals surface area contributed by atoms with Gasteiger partial charge >= 0.3 is 6.18 Å². The number of nitrogens with one attached hydrogen (secondary N) is 1. The Kier molecular flexibility index (Phi) is 6.74. The number of ether oxygens (including phenoxy) is 2. The maximum absolute atomic E-state index is 13.9. The zero-order valence-corrected chi connectivity index (χ0v) is 17.4. The number of rotatable bonds is 7. The van der Waals surface area contributed by atoms with Crippen LogP contribution in [0.15, 0.2) is 48.7 Å². The van der Waals surface area contributed by atoms with Crippen molar-refractivity contribution in [2.75, 3.05) is 18.5 Å². The molecule has 0 aliphatic heterocycles. The maximum Gasteiger partial charge on any atom is 0.434 e. The summed E-state index contributed by atoms with van der Waals surface area (Å²) < 4.78 is 53.1. The number of alkyl halides is 3. The number of carbonyl (C=O) groups is 1. The summed E-state index contributed by atoms with van der Waals surface area (Å²) in [5, 5.41) is 6.63. The summed E-state index contributed by atoms with van der Waals surface area (Å²) in [6.45, 7) is 4.22. The van der Waals surface area contributed by atoms with Crippen LogP contribution < -0.4 is 14.8 Å². The molecule has 0 saturated carbocycles. The van der Waals surface area contributed by atoms with Gasteiger partial charge in [0.05, 0.1) is 36.3 Å². The van der Waals surface area contributed by atoms with E-state index in [1.54, 1.807) is 26.0 Å². The summed E-state index contributed by atoms with van der Waals surface area (Å²) in [7, 11) is 0. The second kappa shape index (κ2) is 9.30. The summed E-state index contributed by atoms with van der Waals surface area (Å²) >= 11 is 5.81. The van der Waals surface area contributed by atoms with E-state index in [4.69, 9.17) is 21.1 Å². The Morgan fingerprint density at radius 1 is 1.10 bits per heavy atom. The van der Waals surface area contributed by atoms with Crippen LogP contribution in [-0.2, 0) is 6.18 Å². The minimum absolute atomic E-state index is 0.115. The Labute approximate surface area is 181 Å². The molecule has 0 bridgehead atoms. The summed E-state index contributed by atoms with van der Waals surface area (Å²) in [6, 6.07) is 10.3. The van der Waals surface area contributed by atoms with Gasteiger partial charge in [-0.2, -0.15) is 18.3 Å². The lowest BCUT2D eigenvalue weighted by Gasteiger charge is -2.15. The molecule has 31 heavy (non-hydrogen) atoms. The smallest absolute Gasteiger partial charge is 0.434 e. The average molecular weight is 454 g/mol. The number of amides is 1. The van der Waals surface area contributed by atoms with Crippen molar-refractivity contribution in [2.24, 2.45) is 0 Å². The zero-order chi connectivity index (χ0) is 22.6. The van der Waals surface area contributed by atoms with Gasteiger partial charge in [-0.05, 0) is 50.2 Å². The quantitative estimate of drug-likeness (QED) is 0.506. The Morgan fingerprint density at radius 2 is 1.77 bits per heavy atom. The number of hydrogen-bond donors (Lipinski definition) is 1. The fourth-order valence-corrected chi connectivity index (χ4v) is 3.03. The van der Waals surface area contributed by atoms with E-state index in [2.05, 4.69) is 10.4 Å². The first kappa shape index (κ1) is 22.5.